The van der Waals surface area contributed by atoms with Crippen molar-refractivity contribution in [3.8, 4) is 0 Å². The predicted molar refractivity (Wildman–Crippen MR) is 122 cm³/mol. The zero-order valence-electron chi connectivity index (χ0n) is 18.7. The van der Waals surface area contributed by atoms with Gasteiger partial charge in [0.1, 0.15) is 0 Å². The predicted octanol–water partition coefficient (Wildman–Crippen LogP) is 4.85. The van der Waals surface area contributed by atoms with Crippen molar-refractivity contribution in [1.29, 1.82) is 0 Å². The molecule has 5 nitrogen and oxygen atoms in total. The van der Waals surface area contributed by atoms with Gasteiger partial charge in [0.15, 0.2) is 0 Å². The molecule has 1 fully saturated rings. The Balaban J connectivity index is 1.93. The van der Waals surface area contributed by atoms with Crippen molar-refractivity contribution >= 4 is 23.2 Å². The van der Waals surface area contributed by atoms with Gasteiger partial charge in [0.2, 0.25) is 11.8 Å². The molecule has 1 saturated carbocycles. The van der Waals surface area contributed by atoms with E-state index in [1.54, 1.807) is 0 Å². The van der Waals surface area contributed by atoms with Gasteiger partial charge >= 0.3 is 0 Å². The first-order chi connectivity index (χ1) is 14.3. The van der Waals surface area contributed by atoms with Gasteiger partial charge in [-0.1, -0.05) is 44.2 Å². The molecule has 1 atom stereocenters. The lowest BCUT2D eigenvalue weighted by Gasteiger charge is -2.32. The van der Waals surface area contributed by atoms with Gasteiger partial charge in [0.25, 0.3) is 0 Å². The van der Waals surface area contributed by atoms with E-state index in [1.807, 2.05) is 69.2 Å². The maximum absolute atomic E-state index is 13.2. The molecule has 0 radical (unpaired) electrons. The zero-order valence-corrected chi connectivity index (χ0v) is 18.7. The number of hydrogen-bond acceptors (Lipinski definition) is 3. The van der Waals surface area contributed by atoms with Crippen LogP contribution >= 0.6 is 0 Å². The van der Waals surface area contributed by atoms with Gasteiger partial charge in [-0.05, 0) is 49.1 Å². The lowest BCUT2D eigenvalue weighted by atomic mass is 10.0. The van der Waals surface area contributed by atoms with Gasteiger partial charge < -0.3 is 15.1 Å². The Morgan fingerprint density at radius 2 is 1.70 bits per heavy atom. The van der Waals surface area contributed by atoms with Crippen LogP contribution in [0.5, 0.6) is 0 Å². The van der Waals surface area contributed by atoms with Gasteiger partial charge in [-0.3, -0.25) is 9.59 Å². The molecule has 1 unspecified atom stereocenters. The molecular formula is C25H33N3O2. The van der Waals surface area contributed by atoms with Crippen molar-refractivity contribution in [2.45, 2.75) is 46.2 Å². The minimum atomic E-state index is -0.0898. The third kappa shape index (κ3) is 5.21. The molecule has 160 valence electrons. The van der Waals surface area contributed by atoms with E-state index in [2.05, 4.69) is 29.3 Å². The second-order valence-corrected chi connectivity index (χ2v) is 8.71. The molecule has 0 saturated heterocycles. The molecule has 2 aromatic rings. The highest BCUT2D eigenvalue weighted by molar-refractivity contribution is 5.92. The van der Waals surface area contributed by atoms with Crippen molar-refractivity contribution in [3.63, 3.8) is 0 Å². The van der Waals surface area contributed by atoms with Crippen molar-refractivity contribution < 1.29 is 9.59 Å². The van der Waals surface area contributed by atoms with Crippen LogP contribution in [0.1, 0.15) is 50.8 Å². The first kappa shape index (κ1) is 21.9. The van der Waals surface area contributed by atoms with Crippen molar-refractivity contribution in [2.24, 2.45) is 11.8 Å². The summed E-state index contributed by atoms with van der Waals surface area (Å²) in [5.74, 6) is 0.255. The van der Waals surface area contributed by atoms with E-state index in [4.69, 9.17) is 0 Å². The van der Waals surface area contributed by atoms with Crippen LogP contribution in [0.3, 0.4) is 0 Å². The normalized spacial score (nSPS) is 14.3. The number of rotatable bonds is 8. The van der Waals surface area contributed by atoms with Gasteiger partial charge in [-0.2, -0.15) is 0 Å². The fourth-order valence-corrected chi connectivity index (χ4v) is 3.58. The second-order valence-electron chi connectivity index (χ2n) is 8.71. The van der Waals surface area contributed by atoms with Crippen LogP contribution in [0.15, 0.2) is 48.5 Å². The lowest BCUT2D eigenvalue weighted by Crippen LogP contribution is -2.34. The van der Waals surface area contributed by atoms with Crippen LogP contribution in [-0.4, -0.2) is 30.8 Å². The molecule has 0 spiro atoms. The topological polar surface area (TPSA) is 52.7 Å². The smallest absolute Gasteiger partial charge is 0.226 e. The summed E-state index contributed by atoms with van der Waals surface area (Å²) in [4.78, 5) is 29.4. The molecular weight excluding hydrogens is 374 g/mol. The van der Waals surface area contributed by atoms with E-state index in [9.17, 15) is 9.59 Å². The SMILES string of the molecule is CC(C)C(=O)Nc1ccc(N(C)C)c(CN(C(=O)C2CC2)C(C)c2ccccc2)c1. The second kappa shape index (κ2) is 9.33. The summed E-state index contributed by atoms with van der Waals surface area (Å²) in [6.07, 6.45) is 1.95. The Morgan fingerprint density at radius 1 is 1.03 bits per heavy atom. The average Bonchev–Trinajstić information content (AvgIpc) is 3.57. The zero-order chi connectivity index (χ0) is 21.8. The lowest BCUT2D eigenvalue weighted by molar-refractivity contribution is -0.135. The number of anilines is 2. The first-order valence-electron chi connectivity index (χ1n) is 10.7. The number of hydrogen-bond donors (Lipinski definition) is 1. The highest BCUT2D eigenvalue weighted by Gasteiger charge is 2.36. The van der Waals surface area contributed by atoms with E-state index in [0.717, 1.165) is 35.3 Å². The van der Waals surface area contributed by atoms with Crippen molar-refractivity contribution in [2.75, 3.05) is 24.3 Å². The Labute approximate surface area is 180 Å². The molecule has 3 rings (SSSR count). The first-order valence-corrected chi connectivity index (χ1v) is 10.7. The molecule has 5 heteroatoms. The van der Waals surface area contributed by atoms with E-state index >= 15 is 0 Å². The molecule has 1 N–H and O–H groups in total. The molecule has 2 amide bonds. The van der Waals surface area contributed by atoms with E-state index in [1.165, 1.54) is 0 Å². The summed E-state index contributed by atoms with van der Waals surface area (Å²) in [6, 6.07) is 16.1. The third-order valence-corrected chi connectivity index (χ3v) is 5.65. The molecule has 30 heavy (non-hydrogen) atoms. The van der Waals surface area contributed by atoms with Gasteiger partial charge in [-0.15, -0.1) is 0 Å². The van der Waals surface area contributed by atoms with Gasteiger partial charge in [-0.25, -0.2) is 0 Å². The van der Waals surface area contributed by atoms with Crippen LogP contribution in [0.4, 0.5) is 11.4 Å². The fraction of sp³-hybridized carbons (Fsp3) is 0.440. The fourth-order valence-electron chi connectivity index (χ4n) is 3.58. The summed E-state index contributed by atoms with van der Waals surface area (Å²) in [6.45, 7) is 6.35. The number of amides is 2. The summed E-state index contributed by atoms with van der Waals surface area (Å²) < 4.78 is 0. The standard InChI is InChI=1S/C25H33N3O2/c1-17(2)24(29)26-22-13-14-23(27(4)5)21(15-22)16-28(25(30)20-11-12-20)18(3)19-9-7-6-8-10-19/h6-10,13-15,17-18,20H,11-12,16H2,1-5H3,(H,26,29). The van der Waals surface area contributed by atoms with Crippen LogP contribution in [-0.2, 0) is 16.1 Å². The minimum Gasteiger partial charge on any atom is -0.377 e. The molecule has 0 aromatic heterocycles. The highest BCUT2D eigenvalue weighted by atomic mass is 16.2. The Morgan fingerprint density at radius 3 is 2.27 bits per heavy atom. The van der Waals surface area contributed by atoms with E-state index < -0.39 is 0 Å². The molecule has 0 aliphatic heterocycles. The Bertz CT molecular complexity index is 889. The van der Waals surface area contributed by atoms with Gasteiger partial charge in [0, 0.05) is 43.9 Å². The average molecular weight is 408 g/mol. The van der Waals surface area contributed by atoms with Crippen LogP contribution in [0, 0.1) is 11.8 Å². The van der Waals surface area contributed by atoms with Crippen LogP contribution in [0.2, 0.25) is 0 Å². The summed E-state index contributed by atoms with van der Waals surface area (Å²) in [5, 5.41) is 2.99. The summed E-state index contributed by atoms with van der Waals surface area (Å²) in [7, 11) is 4.00. The van der Waals surface area contributed by atoms with Crippen molar-refractivity contribution in [3.05, 3.63) is 59.7 Å². The molecule has 0 bridgehead atoms. The summed E-state index contributed by atoms with van der Waals surface area (Å²) in [5.41, 5.74) is 3.97. The van der Waals surface area contributed by atoms with Crippen LogP contribution in [0.25, 0.3) is 0 Å². The maximum Gasteiger partial charge on any atom is 0.226 e. The Kier molecular flexibility index (Phi) is 6.80. The van der Waals surface area contributed by atoms with E-state index in [0.29, 0.717) is 6.54 Å². The quantitative estimate of drug-likeness (QED) is 0.681. The van der Waals surface area contributed by atoms with Gasteiger partial charge in [0.05, 0.1) is 6.04 Å². The Hall–Kier alpha value is -2.82. The minimum absolute atomic E-state index is 0.0119. The number of benzene rings is 2. The highest BCUT2D eigenvalue weighted by Crippen LogP contribution is 2.36. The number of nitrogens with zero attached hydrogens (tertiary/aromatic N) is 2. The number of carbonyl (C=O) groups is 2. The van der Waals surface area contributed by atoms with Crippen molar-refractivity contribution in [1.82, 2.24) is 4.90 Å². The molecule has 0 heterocycles. The molecule has 2 aromatic carbocycles. The van der Waals surface area contributed by atoms with Crippen LogP contribution < -0.4 is 10.2 Å². The third-order valence-electron chi connectivity index (χ3n) is 5.65. The molecule has 1 aliphatic rings. The maximum atomic E-state index is 13.2. The van der Waals surface area contributed by atoms with E-state index in [-0.39, 0.29) is 29.7 Å². The molecule has 1 aliphatic carbocycles. The summed E-state index contributed by atoms with van der Waals surface area (Å²) >= 11 is 0. The number of nitrogens with one attached hydrogen (secondary N) is 1. The monoisotopic (exact) mass is 407 g/mol. The largest absolute Gasteiger partial charge is 0.377 e. The number of carbonyl (C=O) groups excluding carboxylic acids is 2.